The molecule has 4 rings (SSSR count). The first-order valence-electron chi connectivity index (χ1n) is 8.90. The molecule has 1 saturated carbocycles. The van der Waals surface area contributed by atoms with Gasteiger partial charge in [0.1, 0.15) is 23.2 Å². The van der Waals surface area contributed by atoms with Crippen LogP contribution in [0, 0.1) is 0 Å². The molecule has 3 heterocycles. The van der Waals surface area contributed by atoms with Crippen molar-refractivity contribution in [3.05, 3.63) is 47.1 Å². The van der Waals surface area contributed by atoms with E-state index in [2.05, 4.69) is 25.6 Å². The number of aromatic nitrogens is 3. The molecule has 11 heteroatoms. The lowest BCUT2D eigenvalue weighted by molar-refractivity contribution is -0.118. The summed E-state index contributed by atoms with van der Waals surface area (Å²) in [4.78, 5) is 50.2. The molecule has 0 radical (unpaired) electrons. The van der Waals surface area contributed by atoms with Gasteiger partial charge in [-0.2, -0.15) is 0 Å². The Hall–Kier alpha value is -3.27. The van der Waals surface area contributed by atoms with Crippen LogP contribution in [0.1, 0.15) is 29.5 Å². The van der Waals surface area contributed by atoms with E-state index >= 15 is 0 Å². The molecule has 2 atom stereocenters. The Balaban J connectivity index is 1.54. The molecule has 1 aliphatic heterocycles. The third-order valence-electron chi connectivity index (χ3n) is 4.74. The normalized spacial score (nSPS) is 21.7. The highest BCUT2D eigenvalue weighted by atomic mass is 35.5. The Morgan fingerprint density at radius 3 is 2.72 bits per heavy atom. The molecule has 1 fully saturated rings. The predicted octanol–water partition coefficient (Wildman–Crippen LogP) is 1.02. The molecule has 2 unspecified atom stereocenters. The van der Waals surface area contributed by atoms with Crippen LogP contribution in [0.15, 0.2) is 30.7 Å². The number of hydrogen-bond donors (Lipinski definition) is 2. The molecular weight excluding hydrogens is 400 g/mol. The zero-order valence-electron chi connectivity index (χ0n) is 15.4. The lowest BCUT2D eigenvalue weighted by Gasteiger charge is -2.24. The average molecular weight is 417 g/mol. The van der Waals surface area contributed by atoms with E-state index in [9.17, 15) is 14.4 Å². The monoisotopic (exact) mass is 416 g/mol. The van der Waals surface area contributed by atoms with Gasteiger partial charge in [0.15, 0.2) is 5.69 Å². The summed E-state index contributed by atoms with van der Waals surface area (Å²) >= 11 is 5.91. The number of amides is 3. The van der Waals surface area contributed by atoms with Gasteiger partial charge in [0.25, 0.3) is 5.91 Å². The van der Waals surface area contributed by atoms with Crippen LogP contribution in [0.2, 0.25) is 5.02 Å². The minimum atomic E-state index is -0.948. The number of carbonyl (C=O) groups is 3. The fraction of sp³-hybridized carbons (Fsp3) is 0.333. The first-order chi connectivity index (χ1) is 13.9. The molecule has 10 nitrogen and oxygen atoms in total. The number of nitrogens with zero attached hydrogens (tertiary/aromatic N) is 4. The SMILES string of the molecule is CC(=O)NCCNC(=O)OC1CC12c1nccnc1C(=O)N2c1ccc(Cl)cn1. The van der Waals surface area contributed by atoms with Crippen LogP contribution >= 0.6 is 11.6 Å². The second-order valence-corrected chi connectivity index (χ2v) is 7.10. The highest BCUT2D eigenvalue weighted by Crippen LogP contribution is 2.58. The van der Waals surface area contributed by atoms with Crippen molar-refractivity contribution in [2.45, 2.75) is 25.0 Å². The molecule has 0 bridgehead atoms. The summed E-state index contributed by atoms with van der Waals surface area (Å²) in [6.45, 7) is 1.89. The van der Waals surface area contributed by atoms with Crippen LogP contribution in [-0.4, -0.2) is 52.1 Å². The van der Waals surface area contributed by atoms with Crippen molar-refractivity contribution < 1.29 is 19.1 Å². The molecule has 2 aliphatic rings. The lowest BCUT2D eigenvalue weighted by atomic mass is 10.1. The summed E-state index contributed by atoms with van der Waals surface area (Å²) in [5.74, 6) is -0.177. The van der Waals surface area contributed by atoms with Crippen LogP contribution in [0.3, 0.4) is 0 Å². The summed E-state index contributed by atoms with van der Waals surface area (Å²) in [6, 6.07) is 3.25. The number of carbonyl (C=O) groups excluding carboxylic acids is 3. The van der Waals surface area contributed by atoms with E-state index in [4.69, 9.17) is 16.3 Å². The number of alkyl carbamates (subject to hydrolysis) is 1. The van der Waals surface area contributed by atoms with Crippen molar-refractivity contribution in [3.8, 4) is 0 Å². The number of halogens is 1. The number of rotatable bonds is 5. The van der Waals surface area contributed by atoms with Gasteiger partial charge in [-0.05, 0) is 12.1 Å². The van der Waals surface area contributed by atoms with E-state index in [0.29, 0.717) is 23.0 Å². The standard InChI is InChI=1S/C18H17ClN6O4/c1-10(26)20-4-7-23-17(28)29-12-8-18(12)15-14(21-5-6-22-15)16(27)25(18)13-3-2-11(19)9-24-13/h2-3,5-6,9,12H,4,7-8H2,1H3,(H,20,26)(H,23,28). The van der Waals surface area contributed by atoms with Crippen molar-refractivity contribution in [3.63, 3.8) is 0 Å². The highest BCUT2D eigenvalue weighted by Gasteiger charge is 2.71. The van der Waals surface area contributed by atoms with E-state index in [-0.39, 0.29) is 30.6 Å². The van der Waals surface area contributed by atoms with E-state index in [0.717, 1.165) is 0 Å². The Kier molecular flexibility index (Phi) is 4.79. The number of ether oxygens (including phenoxy) is 1. The summed E-state index contributed by atoms with van der Waals surface area (Å²) in [6.07, 6.45) is 3.49. The summed E-state index contributed by atoms with van der Waals surface area (Å²) in [5, 5.41) is 5.57. The van der Waals surface area contributed by atoms with E-state index in [1.807, 2.05) is 0 Å². The lowest BCUT2D eigenvalue weighted by Crippen LogP contribution is -2.39. The van der Waals surface area contributed by atoms with Crippen molar-refractivity contribution in [1.82, 2.24) is 25.6 Å². The van der Waals surface area contributed by atoms with E-state index < -0.39 is 17.7 Å². The van der Waals surface area contributed by atoms with Gasteiger partial charge in [-0.3, -0.25) is 19.5 Å². The Morgan fingerprint density at radius 2 is 2.00 bits per heavy atom. The third kappa shape index (κ3) is 3.35. The summed E-state index contributed by atoms with van der Waals surface area (Å²) < 4.78 is 5.51. The number of fused-ring (bicyclic) bond motifs is 2. The topological polar surface area (TPSA) is 126 Å². The second kappa shape index (κ2) is 7.28. The Morgan fingerprint density at radius 1 is 1.24 bits per heavy atom. The zero-order valence-corrected chi connectivity index (χ0v) is 16.1. The van der Waals surface area contributed by atoms with Crippen molar-refractivity contribution in [1.29, 1.82) is 0 Å². The van der Waals surface area contributed by atoms with Gasteiger partial charge >= 0.3 is 6.09 Å². The van der Waals surface area contributed by atoms with Crippen molar-refractivity contribution in [2.75, 3.05) is 18.0 Å². The average Bonchev–Trinajstić information content (AvgIpc) is 3.34. The Labute approximate surface area is 170 Å². The van der Waals surface area contributed by atoms with Gasteiger partial charge in [-0.15, -0.1) is 0 Å². The molecule has 1 aliphatic carbocycles. The van der Waals surface area contributed by atoms with Crippen LogP contribution in [0.5, 0.6) is 0 Å². The third-order valence-corrected chi connectivity index (χ3v) is 4.96. The van der Waals surface area contributed by atoms with Crippen LogP contribution < -0.4 is 15.5 Å². The van der Waals surface area contributed by atoms with Gasteiger partial charge in [0.05, 0.1) is 5.02 Å². The van der Waals surface area contributed by atoms with Crippen molar-refractivity contribution >= 4 is 35.3 Å². The molecule has 0 saturated heterocycles. The van der Waals surface area contributed by atoms with Crippen LogP contribution in [0.25, 0.3) is 0 Å². The smallest absolute Gasteiger partial charge is 0.407 e. The van der Waals surface area contributed by atoms with E-state index in [1.54, 1.807) is 12.1 Å². The van der Waals surface area contributed by atoms with Gasteiger partial charge in [0.2, 0.25) is 5.91 Å². The van der Waals surface area contributed by atoms with E-state index in [1.165, 1.54) is 30.4 Å². The van der Waals surface area contributed by atoms with Crippen molar-refractivity contribution in [2.24, 2.45) is 0 Å². The summed E-state index contributed by atoms with van der Waals surface area (Å²) in [5.41, 5.74) is -0.282. The maximum Gasteiger partial charge on any atom is 0.407 e. The molecule has 2 aromatic heterocycles. The largest absolute Gasteiger partial charge is 0.443 e. The first kappa shape index (κ1) is 19.1. The summed E-state index contributed by atoms with van der Waals surface area (Å²) in [7, 11) is 0. The van der Waals surface area contributed by atoms with Crippen LogP contribution in [-0.2, 0) is 15.1 Å². The van der Waals surface area contributed by atoms with Gasteiger partial charge in [-0.1, -0.05) is 11.6 Å². The zero-order chi connectivity index (χ0) is 20.6. The van der Waals surface area contributed by atoms with Gasteiger partial charge in [0, 0.05) is 45.0 Å². The maximum absolute atomic E-state index is 13.0. The number of anilines is 1. The second-order valence-electron chi connectivity index (χ2n) is 6.66. The van der Waals surface area contributed by atoms with Gasteiger partial charge in [-0.25, -0.2) is 14.8 Å². The molecule has 150 valence electrons. The molecular formula is C18H17ClN6O4. The predicted molar refractivity (Wildman–Crippen MR) is 101 cm³/mol. The molecule has 2 aromatic rings. The molecule has 29 heavy (non-hydrogen) atoms. The maximum atomic E-state index is 13.0. The molecule has 1 spiro atoms. The molecule has 0 aromatic carbocycles. The fourth-order valence-corrected chi connectivity index (χ4v) is 3.55. The minimum absolute atomic E-state index is 0.188. The van der Waals surface area contributed by atoms with Gasteiger partial charge < -0.3 is 15.4 Å². The number of nitrogens with one attached hydrogen (secondary N) is 2. The quantitative estimate of drug-likeness (QED) is 0.696. The van der Waals surface area contributed by atoms with Crippen LogP contribution in [0.4, 0.5) is 10.6 Å². The fourth-order valence-electron chi connectivity index (χ4n) is 3.43. The first-order valence-corrected chi connectivity index (χ1v) is 9.28. The number of hydrogen-bond acceptors (Lipinski definition) is 7. The molecule has 3 amide bonds. The minimum Gasteiger partial charge on any atom is -0.443 e. The highest BCUT2D eigenvalue weighted by molar-refractivity contribution is 6.30. The Bertz CT molecular complexity index is 985. The molecule has 2 N–H and O–H groups in total. The number of pyridine rings is 1.